The smallest absolute Gasteiger partial charge is 0.159 e. The Hall–Kier alpha value is -1.68. The normalized spacial score (nSPS) is 10.6. The van der Waals surface area contributed by atoms with Crippen molar-refractivity contribution < 1.29 is 4.79 Å². The van der Waals surface area contributed by atoms with E-state index in [4.69, 9.17) is 11.6 Å². The molecule has 1 heterocycles. The van der Waals surface area contributed by atoms with E-state index in [0.29, 0.717) is 11.4 Å². The van der Waals surface area contributed by atoms with Crippen LogP contribution in [-0.2, 0) is 12.3 Å². The van der Waals surface area contributed by atoms with E-state index in [1.807, 2.05) is 29.7 Å². The second-order valence-corrected chi connectivity index (χ2v) is 4.23. The van der Waals surface area contributed by atoms with Gasteiger partial charge in [0.05, 0.1) is 5.88 Å². The van der Waals surface area contributed by atoms with Gasteiger partial charge in [0.25, 0.3) is 0 Å². The summed E-state index contributed by atoms with van der Waals surface area (Å²) in [6.45, 7) is 3.56. The fourth-order valence-electron chi connectivity index (χ4n) is 1.83. The van der Waals surface area contributed by atoms with Gasteiger partial charge in [0.1, 0.15) is 5.82 Å². The molecule has 0 unspecified atom stereocenters. The Balaban J connectivity index is 2.57. The third-order valence-corrected chi connectivity index (χ3v) is 2.98. The van der Waals surface area contributed by atoms with Crippen LogP contribution in [0.5, 0.6) is 0 Å². The molecular formula is C13H14ClN3O. The van der Waals surface area contributed by atoms with E-state index in [1.54, 1.807) is 13.0 Å². The van der Waals surface area contributed by atoms with Gasteiger partial charge < -0.3 is 0 Å². The average Bonchev–Trinajstić information content (AvgIpc) is 2.81. The van der Waals surface area contributed by atoms with Crippen molar-refractivity contribution in [1.29, 1.82) is 0 Å². The van der Waals surface area contributed by atoms with E-state index >= 15 is 0 Å². The minimum atomic E-state index is 0.0374. The van der Waals surface area contributed by atoms with E-state index in [0.717, 1.165) is 17.9 Å². The van der Waals surface area contributed by atoms with Crippen LogP contribution < -0.4 is 0 Å². The molecule has 0 radical (unpaired) electrons. The van der Waals surface area contributed by atoms with E-state index in [1.165, 1.54) is 0 Å². The van der Waals surface area contributed by atoms with Crippen LogP contribution in [0.2, 0.25) is 0 Å². The SMILES string of the molecule is CCc1nnc(CCl)n1-c1cccc(C(C)=O)c1. The zero-order valence-corrected chi connectivity index (χ0v) is 11.1. The van der Waals surface area contributed by atoms with Gasteiger partial charge in [-0.3, -0.25) is 9.36 Å². The van der Waals surface area contributed by atoms with Gasteiger partial charge in [-0.2, -0.15) is 0 Å². The summed E-state index contributed by atoms with van der Waals surface area (Å²) in [4.78, 5) is 11.4. The van der Waals surface area contributed by atoms with E-state index in [2.05, 4.69) is 10.2 Å². The number of hydrogen-bond acceptors (Lipinski definition) is 3. The number of Topliss-reactive ketones (excluding diaryl/α,β-unsaturated/α-hetero) is 1. The van der Waals surface area contributed by atoms with Crippen molar-refractivity contribution in [1.82, 2.24) is 14.8 Å². The number of hydrogen-bond donors (Lipinski definition) is 0. The summed E-state index contributed by atoms with van der Waals surface area (Å²) in [6.07, 6.45) is 0.758. The number of carbonyl (C=O) groups is 1. The Morgan fingerprint density at radius 2 is 2.06 bits per heavy atom. The molecule has 0 aliphatic heterocycles. The Morgan fingerprint density at radius 1 is 1.33 bits per heavy atom. The second-order valence-electron chi connectivity index (χ2n) is 3.96. The molecule has 0 amide bonds. The van der Waals surface area contributed by atoms with Crippen LogP contribution in [0.15, 0.2) is 24.3 Å². The van der Waals surface area contributed by atoms with Crippen molar-refractivity contribution in [2.24, 2.45) is 0 Å². The summed E-state index contributed by atoms with van der Waals surface area (Å²) in [5.41, 5.74) is 1.55. The molecule has 2 aromatic rings. The highest BCUT2D eigenvalue weighted by molar-refractivity contribution is 6.16. The highest BCUT2D eigenvalue weighted by atomic mass is 35.5. The molecule has 1 aromatic carbocycles. The molecule has 0 aliphatic rings. The zero-order valence-electron chi connectivity index (χ0n) is 10.4. The number of ketones is 1. The van der Waals surface area contributed by atoms with E-state index < -0.39 is 0 Å². The number of carbonyl (C=O) groups excluding carboxylic acids is 1. The lowest BCUT2D eigenvalue weighted by atomic mass is 10.1. The predicted octanol–water partition coefficient (Wildman–Crippen LogP) is 2.77. The van der Waals surface area contributed by atoms with Gasteiger partial charge in [-0.05, 0) is 19.1 Å². The molecule has 0 bridgehead atoms. The summed E-state index contributed by atoms with van der Waals surface area (Å²) in [6, 6.07) is 7.40. The summed E-state index contributed by atoms with van der Waals surface area (Å²) < 4.78 is 1.90. The molecule has 0 atom stereocenters. The lowest BCUT2D eigenvalue weighted by Crippen LogP contribution is -2.05. The molecule has 0 aliphatic carbocycles. The van der Waals surface area contributed by atoms with Gasteiger partial charge in [0.15, 0.2) is 11.6 Å². The van der Waals surface area contributed by atoms with Gasteiger partial charge in [-0.1, -0.05) is 19.1 Å². The molecule has 4 nitrogen and oxygen atoms in total. The molecule has 0 spiro atoms. The molecule has 18 heavy (non-hydrogen) atoms. The van der Waals surface area contributed by atoms with Crippen LogP contribution in [0, 0.1) is 0 Å². The predicted molar refractivity (Wildman–Crippen MR) is 70.3 cm³/mol. The van der Waals surface area contributed by atoms with Gasteiger partial charge in [-0.15, -0.1) is 21.8 Å². The first-order valence-electron chi connectivity index (χ1n) is 5.78. The largest absolute Gasteiger partial charge is 0.295 e. The maximum Gasteiger partial charge on any atom is 0.159 e. The van der Waals surface area contributed by atoms with Gasteiger partial charge in [0, 0.05) is 17.7 Å². The Labute approximate surface area is 111 Å². The topological polar surface area (TPSA) is 47.8 Å². The number of alkyl halides is 1. The Bertz CT molecular complexity index is 556. The number of aryl methyl sites for hydroxylation is 1. The average molecular weight is 264 g/mol. The third kappa shape index (κ3) is 2.29. The fourth-order valence-corrected chi connectivity index (χ4v) is 2.00. The molecule has 1 aromatic heterocycles. The number of rotatable bonds is 4. The van der Waals surface area contributed by atoms with E-state index in [-0.39, 0.29) is 11.7 Å². The van der Waals surface area contributed by atoms with Crippen molar-refractivity contribution in [3.63, 3.8) is 0 Å². The van der Waals surface area contributed by atoms with Crippen molar-refractivity contribution in [3.05, 3.63) is 41.5 Å². The number of benzene rings is 1. The number of halogens is 1. The van der Waals surface area contributed by atoms with Crippen LogP contribution in [0.3, 0.4) is 0 Å². The standard InChI is InChI=1S/C13H14ClN3O/c1-3-12-15-16-13(8-14)17(12)11-6-4-5-10(7-11)9(2)18/h4-7H,3,8H2,1-2H3. The van der Waals surface area contributed by atoms with Gasteiger partial charge in [-0.25, -0.2) is 0 Å². The molecule has 0 saturated carbocycles. The summed E-state index contributed by atoms with van der Waals surface area (Å²) in [7, 11) is 0. The minimum absolute atomic E-state index is 0.0374. The second kappa shape index (κ2) is 5.31. The monoisotopic (exact) mass is 263 g/mol. The van der Waals surface area contributed by atoms with Crippen molar-refractivity contribution in [3.8, 4) is 5.69 Å². The third-order valence-electron chi connectivity index (χ3n) is 2.74. The number of nitrogens with zero attached hydrogens (tertiary/aromatic N) is 3. The number of aromatic nitrogens is 3. The van der Waals surface area contributed by atoms with E-state index in [9.17, 15) is 4.79 Å². The first kappa shape index (κ1) is 12.8. The quantitative estimate of drug-likeness (QED) is 0.629. The molecule has 0 N–H and O–H groups in total. The maximum absolute atomic E-state index is 11.4. The van der Waals surface area contributed by atoms with Crippen molar-refractivity contribution >= 4 is 17.4 Å². The summed E-state index contributed by atoms with van der Waals surface area (Å²) in [5.74, 6) is 1.85. The lowest BCUT2D eigenvalue weighted by Gasteiger charge is -2.09. The fraction of sp³-hybridized carbons (Fsp3) is 0.308. The first-order chi connectivity index (χ1) is 8.67. The van der Waals surface area contributed by atoms with Crippen molar-refractivity contribution in [2.45, 2.75) is 26.1 Å². The highest BCUT2D eigenvalue weighted by Crippen LogP contribution is 2.17. The Kier molecular flexibility index (Phi) is 3.77. The highest BCUT2D eigenvalue weighted by Gasteiger charge is 2.12. The van der Waals surface area contributed by atoms with Crippen LogP contribution >= 0.6 is 11.6 Å². The Morgan fingerprint density at radius 3 is 2.67 bits per heavy atom. The van der Waals surface area contributed by atoms with Crippen LogP contribution in [0.25, 0.3) is 5.69 Å². The molecular weight excluding hydrogens is 250 g/mol. The van der Waals surface area contributed by atoms with Crippen LogP contribution in [-0.4, -0.2) is 20.5 Å². The maximum atomic E-state index is 11.4. The molecule has 0 fully saturated rings. The molecule has 0 saturated heterocycles. The van der Waals surface area contributed by atoms with Crippen molar-refractivity contribution in [2.75, 3.05) is 0 Å². The van der Waals surface area contributed by atoms with Crippen LogP contribution in [0.1, 0.15) is 35.9 Å². The summed E-state index contributed by atoms with van der Waals surface area (Å²) >= 11 is 5.86. The minimum Gasteiger partial charge on any atom is -0.295 e. The summed E-state index contributed by atoms with van der Waals surface area (Å²) in [5, 5.41) is 8.15. The van der Waals surface area contributed by atoms with Gasteiger partial charge >= 0.3 is 0 Å². The molecule has 94 valence electrons. The lowest BCUT2D eigenvalue weighted by molar-refractivity contribution is 0.101. The first-order valence-corrected chi connectivity index (χ1v) is 6.31. The molecule has 5 heteroatoms. The van der Waals surface area contributed by atoms with Crippen LogP contribution in [0.4, 0.5) is 0 Å². The molecule has 2 rings (SSSR count). The van der Waals surface area contributed by atoms with Gasteiger partial charge in [0.2, 0.25) is 0 Å². The zero-order chi connectivity index (χ0) is 13.1.